The molecule has 1 aromatic carbocycles. The van der Waals surface area contributed by atoms with Gasteiger partial charge in [-0.05, 0) is 30.2 Å². The van der Waals surface area contributed by atoms with Crippen molar-refractivity contribution in [2.75, 3.05) is 0 Å². The Kier molecular flexibility index (Phi) is 3.58. The molecular formula is C15H12ClN3O2. The smallest absolute Gasteiger partial charge is 0.312 e. The summed E-state index contributed by atoms with van der Waals surface area (Å²) in [6.07, 6.45) is 3.71. The molecule has 1 atom stereocenters. The third-order valence-electron chi connectivity index (χ3n) is 3.29. The van der Waals surface area contributed by atoms with E-state index in [1.54, 1.807) is 41.2 Å². The van der Waals surface area contributed by atoms with Gasteiger partial charge < -0.3 is 5.11 Å². The first-order valence-electron chi connectivity index (χ1n) is 6.41. The van der Waals surface area contributed by atoms with Gasteiger partial charge in [-0.25, -0.2) is 9.50 Å². The van der Waals surface area contributed by atoms with E-state index in [-0.39, 0.29) is 0 Å². The average molecular weight is 302 g/mol. The number of fused-ring (bicyclic) bond motifs is 1. The molecule has 3 rings (SSSR count). The summed E-state index contributed by atoms with van der Waals surface area (Å²) < 4.78 is 1.60. The number of halogens is 1. The summed E-state index contributed by atoms with van der Waals surface area (Å²) in [5.74, 6) is -1.60. The molecule has 106 valence electrons. The van der Waals surface area contributed by atoms with Gasteiger partial charge in [0.15, 0.2) is 5.65 Å². The first-order chi connectivity index (χ1) is 10.1. The first-order valence-corrected chi connectivity index (χ1v) is 6.79. The van der Waals surface area contributed by atoms with Gasteiger partial charge in [0.2, 0.25) is 0 Å². The Bertz CT molecular complexity index is 783. The molecule has 0 saturated carbocycles. The van der Waals surface area contributed by atoms with Crippen LogP contribution in [0.3, 0.4) is 0 Å². The number of carboxylic acids is 1. The quantitative estimate of drug-likeness (QED) is 0.804. The maximum atomic E-state index is 11.6. The Hall–Kier alpha value is -2.40. The zero-order valence-electron chi connectivity index (χ0n) is 11.0. The number of nitrogens with zero attached hydrogens (tertiary/aromatic N) is 3. The van der Waals surface area contributed by atoms with Crippen LogP contribution in [0.25, 0.3) is 5.65 Å². The Balaban J connectivity index is 1.93. The Morgan fingerprint density at radius 3 is 2.71 bits per heavy atom. The lowest BCUT2D eigenvalue weighted by Crippen LogP contribution is -2.16. The minimum Gasteiger partial charge on any atom is -0.481 e. The fourth-order valence-corrected chi connectivity index (χ4v) is 2.32. The molecule has 0 fully saturated rings. The van der Waals surface area contributed by atoms with Crippen molar-refractivity contribution in [1.29, 1.82) is 0 Å². The summed E-state index contributed by atoms with van der Waals surface area (Å²) in [6.45, 7) is 0. The number of rotatable bonds is 4. The monoisotopic (exact) mass is 301 g/mol. The van der Waals surface area contributed by atoms with Crippen molar-refractivity contribution in [2.45, 2.75) is 12.3 Å². The Labute approximate surface area is 125 Å². The summed E-state index contributed by atoms with van der Waals surface area (Å²) in [4.78, 5) is 15.9. The van der Waals surface area contributed by atoms with Gasteiger partial charge >= 0.3 is 5.97 Å². The van der Waals surface area contributed by atoms with Crippen LogP contribution in [-0.4, -0.2) is 25.7 Å². The average Bonchev–Trinajstić information content (AvgIpc) is 2.93. The molecule has 0 spiro atoms. The summed E-state index contributed by atoms with van der Waals surface area (Å²) in [6, 6.07) is 10.6. The Morgan fingerprint density at radius 2 is 2.00 bits per heavy atom. The van der Waals surface area contributed by atoms with Gasteiger partial charge in [-0.3, -0.25) is 4.79 Å². The van der Waals surface area contributed by atoms with E-state index < -0.39 is 11.9 Å². The van der Waals surface area contributed by atoms with Gasteiger partial charge in [-0.2, -0.15) is 5.10 Å². The van der Waals surface area contributed by atoms with E-state index in [0.717, 1.165) is 5.56 Å². The first kappa shape index (κ1) is 13.6. The van der Waals surface area contributed by atoms with Gasteiger partial charge in [-0.15, -0.1) is 0 Å². The van der Waals surface area contributed by atoms with Crippen molar-refractivity contribution in [3.05, 3.63) is 65.1 Å². The van der Waals surface area contributed by atoms with E-state index >= 15 is 0 Å². The molecule has 0 aliphatic carbocycles. The standard InChI is InChI=1S/C15H12ClN3O2/c16-11-3-1-10(2-4-11)9-12(15(20)21)13-6-8-19-14(18-13)5-7-17-19/h1-8,12H,9H2,(H,20,21). The zero-order chi connectivity index (χ0) is 14.8. The predicted octanol–water partition coefficient (Wildman–Crippen LogP) is 2.79. The SMILES string of the molecule is O=C(O)C(Cc1ccc(Cl)cc1)c1ccn2nccc2n1. The summed E-state index contributed by atoms with van der Waals surface area (Å²) in [5, 5.41) is 14.2. The van der Waals surface area contributed by atoms with E-state index in [0.29, 0.717) is 22.8 Å². The van der Waals surface area contributed by atoms with Crippen LogP contribution in [0.1, 0.15) is 17.2 Å². The van der Waals surface area contributed by atoms with Gasteiger partial charge in [-0.1, -0.05) is 23.7 Å². The number of aromatic nitrogens is 3. The highest BCUT2D eigenvalue weighted by molar-refractivity contribution is 6.30. The zero-order valence-corrected chi connectivity index (χ0v) is 11.7. The lowest BCUT2D eigenvalue weighted by atomic mass is 9.96. The van der Waals surface area contributed by atoms with Gasteiger partial charge in [0.25, 0.3) is 0 Å². The van der Waals surface area contributed by atoms with Crippen molar-refractivity contribution in [3.63, 3.8) is 0 Å². The molecule has 1 N–H and O–H groups in total. The highest BCUT2D eigenvalue weighted by Crippen LogP contribution is 2.21. The number of carbonyl (C=O) groups is 1. The van der Waals surface area contributed by atoms with Crippen molar-refractivity contribution >= 4 is 23.2 Å². The van der Waals surface area contributed by atoms with E-state index in [1.807, 2.05) is 12.1 Å². The lowest BCUT2D eigenvalue weighted by Gasteiger charge is -2.12. The normalized spacial score (nSPS) is 12.4. The number of hydrogen-bond acceptors (Lipinski definition) is 3. The third kappa shape index (κ3) is 2.87. The molecule has 0 aliphatic rings. The van der Waals surface area contributed by atoms with Crippen LogP contribution in [0.4, 0.5) is 0 Å². The van der Waals surface area contributed by atoms with E-state index in [1.165, 1.54) is 0 Å². The van der Waals surface area contributed by atoms with Crippen LogP contribution in [0.5, 0.6) is 0 Å². The van der Waals surface area contributed by atoms with Crippen LogP contribution in [-0.2, 0) is 11.2 Å². The third-order valence-corrected chi connectivity index (χ3v) is 3.54. The maximum absolute atomic E-state index is 11.6. The van der Waals surface area contributed by atoms with E-state index in [2.05, 4.69) is 10.1 Å². The minimum absolute atomic E-state index is 0.365. The summed E-state index contributed by atoms with van der Waals surface area (Å²) >= 11 is 5.84. The fraction of sp³-hybridized carbons (Fsp3) is 0.133. The van der Waals surface area contributed by atoms with E-state index in [9.17, 15) is 9.90 Å². The second kappa shape index (κ2) is 5.54. The van der Waals surface area contributed by atoms with Crippen molar-refractivity contribution in [2.24, 2.45) is 0 Å². The number of hydrogen-bond donors (Lipinski definition) is 1. The predicted molar refractivity (Wildman–Crippen MR) is 78.5 cm³/mol. The lowest BCUT2D eigenvalue weighted by molar-refractivity contribution is -0.138. The molecule has 2 aromatic heterocycles. The second-order valence-electron chi connectivity index (χ2n) is 4.71. The van der Waals surface area contributed by atoms with E-state index in [4.69, 9.17) is 11.6 Å². The second-order valence-corrected chi connectivity index (χ2v) is 5.14. The number of carboxylic acid groups (broad SMARTS) is 1. The molecule has 1 unspecified atom stereocenters. The molecule has 0 saturated heterocycles. The van der Waals surface area contributed by atoms with Crippen LogP contribution < -0.4 is 0 Å². The topological polar surface area (TPSA) is 67.5 Å². The van der Waals surface area contributed by atoms with Gasteiger partial charge in [0, 0.05) is 17.3 Å². The van der Waals surface area contributed by atoms with Crippen LogP contribution >= 0.6 is 11.6 Å². The fourth-order valence-electron chi connectivity index (χ4n) is 2.20. The molecule has 21 heavy (non-hydrogen) atoms. The van der Waals surface area contributed by atoms with Gasteiger partial charge in [0.05, 0.1) is 11.9 Å². The number of benzene rings is 1. The molecule has 0 radical (unpaired) electrons. The molecule has 0 amide bonds. The minimum atomic E-state index is -0.902. The molecule has 5 nitrogen and oxygen atoms in total. The highest BCUT2D eigenvalue weighted by atomic mass is 35.5. The molecule has 3 aromatic rings. The van der Waals surface area contributed by atoms with Crippen molar-refractivity contribution < 1.29 is 9.90 Å². The molecule has 6 heteroatoms. The van der Waals surface area contributed by atoms with Crippen molar-refractivity contribution in [1.82, 2.24) is 14.6 Å². The summed E-state index contributed by atoms with van der Waals surface area (Å²) in [5.41, 5.74) is 2.06. The van der Waals surface area contributed by atoms with Gasteiger partial charge in [0.1, 0.15) is 5.92 Å². The maximum Gasteiger partial charge on any atom is 0.312 e. The number of aliphatic carboxylic acids is 1. The van der Waals surface area contributed by atoms with Crippen molar-refractivity contribution in [3.8, 4) is 0 Å². The summed E-state index contributed by atoms with van der Waals surface area (Å²) in [7, 11) is 0. The van der Waals surface area contributed by atoms with Crippen LogP contribution in [0.2, 0.25) is 5.02 Å². The Morgan fingerprint density at radius 1 is 1.24 bits per heavy atom. The highest BCUT2D eigenvalue weighted by Gasteiger charge is 2.22. The van der Waals surface area contributed by atoms with Crippen LogP contribution in [0.15, 0.2) is 48.8 Å². The van der Waals surface area contributed by atoms with Crippen LogP contribution in [0, 0.1) is 0 Å². The molecule has 2 heterocycles. The largest absolute Gasteiger partial charge is 0.481 e. The molecular weight excluding hydrogens is 290 g/mol. The molecule has 0 bridgehead atoms. The molecule has 0 aliphatic heterocycles.